The number of benzene rings is 2. The Bertz CT molecular complexity index is 945. The van der Waals surface area contributed by atoms with Crippen molar-refractivity contribution in [1.29, 1.82) is 0 Å². The number of urea groups is 1. The van der Waals surface area contributed by atoms with Crippen molar-refractivity contribution in [1.82, 2.24) is 9.80 Å². The molecule has 0 bridgehead atoms. The van der Waals surface area contributed by atoms with Gasteiger partial charge in [0.15, 0.2) is 0 Å². The lowest BCUT2D eigenvalue weighted by Gasteiger charge is -2.39. The zero-order chi connectivity index (χ0) is 24.0. The van der Waals surface area contributed by atoms with E-state index in [4.69, 9.17) is 4.74 Å². The Morgan fingerprint density at radius 3 is 2.30 bits per heavy atom. The van der Waals surface area contributed by atoms with Crippen molar-refractivity contribution in [3.05, 3.63) is 65.2 Å². The SMILES string of the molecule is CCOC(=O)c1ccc(CN(C(=O)N2CCN(CC(C)(C)O)CC2)c2cccc(C)c2)cc1. The maximum Gasteiger partial charge on any atom is 0.338 e. The van der Waals surface area contributed by atoms with Gasteiger partial charge in [-0.1, -0.05) is 24.3 Å². The fraction of sp³-hybridized carbons (Fsp3) is 0.462. The van der Waals surface area contributed by atoms with Crippen molar-refractivity contribution in [2.45, 2.75) is 39.8 Å². The molecular weight excluding hydrogens is 418 g/mol. The zero-order valence-electron chi connectivity index (χ0n) is 20.1. The summed E-state index contributed by atoms with van der Waals surface area (Å²) in [6, 6.07) is 15.1. The van der Waals surface area contributed by atoms with E-state index in [-0.39, 0.29) is 12.0 Å². The van der Waals surface area contributed by atoms with E-state index in [9.17, 15) is 14.7 Å². The molecule has 3 rings (SSSR count). The van der Waals surface area contributed by atoms with E-state index in [1.165, 1.54) is 0 Å². The highest BCUT2D eigenvalue weighted by atomic mass is 16.5. The average molecular weight is 454 g/mol. The lowest BCUT2D eigenvalue weighted by Crippen LogP contribution is -2.54. The van der Waals surface area contributed by atoms with Crippen molar-refractivity contribution in [2.75, 3.05) is 44.2 Å². The normalized spacial score (nSPS) is 14.8. The predicted octanol–water partition coefficient (Wildman–Crippen LogP) is 3.69. The van der Waals surface area contributed by atoms with E-state index in [1.54, 1.807) is 37.8 Å². The molecule has 2 aromatic rings. The van der Waals surface area contributed by atoms with Gasteiger partial charge < -0.3 is 14.7 Å². The Morgan fingerprint density at radius 1 is 1.06 bits per heavy atom. The highest BCUT2D eigenvalue weighted by molar-refractivity contribution is 5.92. The van der Waals surface area contributed by atoms with Crippen LogP contribution in [0.1, 0.15) is 42.3 Å². The summed E-state index contributed by atoms with van der Waals surface area (Å²) in [5, 5.41) is 10.1. The van der Waals surface area contributed by atoms with Gasteiger partial charge in [0.2, 0.25) is 0 Å². The number of esters is 1. The summed E-state index contributed by atoms with van der Waals surface area (Å²) in [5.41, 5.74) is 2.59. The number of β-amino-alcohol motifs (C(OH)–C–C–N with tert-alkyl or cyclic N) is 1. The van der Waals surface area contributed by atoms with Gasteiger partial charge in [0.05, 0.1) is 24.3 Å². The summed E-state index contributed by atoms with van der Waals surface area (Å²) >= 11 is 0. The number of anilines is 1. The van der Waals surface area contributed by atoms with Crippen LogP contribution >= 0.6 is 0 Å². The molecule has 1 aliphatic heterocycles. The fourth-order valence-corrected chi connectivity index (χ4v) is 4.02. The maximum absolute atomic E-state index is 13.6. The quantitative estimate of drug-likeness (QED) is 0.648. The van der Waals surface area contributed by atoms with Crippen LogP contribution in [-0.4, -0.2) is 71.8 Å². The van der Waals surface area contributed by atoms with Crippen LogP contribution in [-0.2, 0) is 11.3 Å². The first-order chi connectivity index (χ1) is 15.7. The Kier molecular flexibility index (Phi) is 8.10. The first kappa shape index (κ1) is 24.7. The predicted molar refractivity (Wildman–Crippen MR) is 129 cm³/mol. The summed E-state index contributed by atoms with van der Waals surface area (Å²) in [5.74, 6) is -0.348. The van der Waals surface area contributed by atoms with Gasteiger partial charge in [0.25, 0.3) is 0 Å². The Labute approximate surface area is 196 Å². The number of aryl methyl sites for hydroxylation is 1. The monoisotopic (exact) mass is 453 g/mol. The molecule has 2 amide bonds. The number of amides is 2. The summed E-state index contributed by atoms with van der Waals surface area (Å²) in [4.78, 5) is 31.4. The van der Waals surface area contributed by atoms with Gasteiger partial charge in [-0.15, -0.1) is 0 Å². The number of carbonyl (C=O) groups excluding carboxylic acids is 2. The summed E-state index contributed by atoms with van der Waals surface area (Å²) in [6.45, 7) is 11.4. The Balaban J connectivity index is 1.75. The minimum atomic E-state index is -0.754. The van der Waals surface area contributed by atoms with Gasteiger partial charge in [-0.05, 0) is 63.1 Å². The smallest absolute Gasteiger partial charge is 0.338 e. The highest BCUT2D eigenvalue weighted by Gasteiger charge is 2.28. The molecule has 2 aromatic carbocycles. The van der Waals surface area contributed by atoms with Crippen molar-refractivity contribution in [3.8, 4) is 0 Å². The number of piperazine rings is 1. The molecule has 1 N–H and O–H groups in total. The van der Waals surface area contributed by atoms with E-state index in [1.807, 2.05) is 48.2 Å². The Hall–Kier alpha value is -2.90. The summed E-state index contributed by atoms with van der Waals surface area (Å²) in [7, 11) is 0. The summed E-state index contributed by atoms with van der Waals surface area (Å²) < 4.78 is 5.06. The number of rotatable bonds is 7. The van der Waals surface area contributed by atoms with Crippen molar-refractivity contribution < 1.29 is 19.4 Å². The van der Waals surface area contributed by atoms with E-state index < -0.39 is 5.60 Å². The molecule has 1 saturated heterocycles. The molecule has 1 heterocycles. The second-order valence-corrected chi connectivity index (χ2v) is 9.20. The topological polar surface area (TPSA) is 73.3 Å². The van der Waals surface area contributed by atoms with E-state index >= 15 is 0 Å². The van der Waals surface area contributed by atoms with Gasteiger partial charge >= 0.3 is 12.0 Å². The Morgan fingerprint density at radius 2 is 1.73 bits per heavy atom. The third kappa shape index (κ3) is 7.04. The van der Waals surface area contributed by atoms with Gasteiger partial charge in [-0.2, -0.15) is 0 Å². The van der Waals surface area contributed by atoms with Crippen molar-refractivity contribution in [2.24, 2.45) is 0 Å². The molecular formula is C26H35N3O4. The van der Waals surface area contributed by atoms with Crippen molar-refractivity contribution >= 4 is 17.7 Å². The van der Waals surface area contributed by atoms with Crippen LogP contribution in [0.15, 0.2) is 48.5 Å². The van der Waals surface area contributed by atoms with E-state index in [0.717, 1.165) is 29.9 Å². The maximum atomic E-state index is 13.6. The van der Waals surface area contributed by atoms with Crippen LogP contribution in [0.2, 0.25) is 0 Å². The van der Waals surface area contributed by atoms with Gasteiger partial charge in [-0.3, -0.25) is 9.80 Å². The number of nitrogens with zero attached hydrogens (tertiary/aromatic N) is 3. The first-order valence-corrected chi connectivity index (χ1v) is 11.5. The highest BCUT2D eigenvalue weighted by Crippen LogP contribution is 2.22. The molecule has 1 aliphatic rings. The number of hydrogen-bond acceptors (Lipinski definition) is 5. The average Bonchev–Trinajstić information content (AvgIpc) is 2.77. The van der Waals surface area contributed by atoms with Gasteiger partial charge in [0.1, 0.15) is 0 Å². The van der Waals surface area contributed by atoms with Crippen LogP contribution in [0.25, 0.3) is 0 Å². The molecule has 0 spiro atoms. The molecule has 0 unspecified atom stereocenters. The molecule has 7 heteroatoms. The summed E-state index contributed by atoms with van der Waals surface area (Å²) in [6.07, 6.45) is 0. The van der Waals surface area contributed by atoms with E-state index in [0.29, 0.717) is 38.3 Å². The minimum Gasteiger partial charge on any atom is -0.462 e. The van der Waals surface area contributed by atoms with Crippen LogP contribution < -0.4 is 4.90 Å². The standard InChI is InChI=1S/C26H35N3O4/c1-5-33-24(30)22-11-9-21(10-12-22)18-29(23-8-6-7-20(2)17-23)25(31)28-15-13-27(14-16-28)19-26(3,4)32/h6-12,17,32H,5,13-16,18-19H2,1-4H3. The molecule has 0 atom stereocenters. The lowest BCUT2D eigenvalue weighted by molar-refractivity contribution is 0.0228. The van der Waals surface area contributed by atoms with Crippen LogP contribution in [0.3, 0.4) is 0 Å². The molecule has 0 aromatic heterocycles. The molecule has 7 nitrogen and oxygen atoms in total. The minimum absolute atomic E-state index is 0.0435. The van der Waals surface area contributed by atoms with Crippen LogP contribution in [0, 0.1) is 6.92 Å². The van der Waals surface area contributed by atoms with E-state index in [2.05, 4.69) is 4.90 Å². The zero-order valence-corrected chi connectivity index (χ0v) is 20.1. The number of carbonyl (C=O) groups is 2. The molecule has 0 radical (unpaired) electrons. The van der Waals surface area contributed by atoms with Crippen LogP contribution in [0.4, 0.5) is 10.5 Å². The molecule has 33 heavy (non-hydrogen) atoms. The first-order valence-electron chi connectivity index (χ1n) is 11.5. The van der Waals surface area contributed by atoms with Crippen molar-refractivity contribution in [3.63, 3.8) is 0 Å². The molecule has 1 fully saturated rings. The molecule has 0 aliphatic carbocycles. The van der Waals surface area contributed by atoms with Crippen LogP contribution in [0.5, 0.6) is 0 Å². The fourth-order valence-electron chi connectivity index (χ4n) is 4.02. The van der Waals surface area contributed by atoms with Gasteiger partial charge in [0, 0.05) is 38.4 Å². The second-order valence-electron chi connectivity index (χ2n) is 9.20. The third-order valence-electron chi connectivity index (χ3n) is 5.60. The van der Waals surface area contributed by atoms with Gasteiger partial charge in [-0.25, -0.2) is 9.59 Å². The number of ether oxygens (including phenoxy) is 1. The molecule has 178 valence electrons. The second kappa shape index (κ2) is 10.8. The lowest BCUT2D eigenvalue weighted by atomic mass is 10.1. The molecule has 0 saturated carbocycles. The third-order valence-corrected chi connectivity index (χ3v) is 5.60. The number of aliphatic hydroxyl groups is 1. The number of hydrogen-bond donors (Lipinski definition) is 1. The largest absolute Gasteiger partial charge is 0.462 e.